The minimum absolute atomic E-state index is 0.0120. The summed E-state index contributed by atoms with van der Waals surface area (Å²) in [5, 5.41) is 9.12. The Labute approximate surface area is 151 Å². The van der Waals surface area contributed by atoms with Gasteiger partial charge in [-0.15, -0.1) is 0 Å². The Kier molecular flexibility index (Phi) is 10.0. The summed E-state index contributed by atoms with van der Waals surface area (Å²) in [4.78, 5) is 11.1. The molecule has 0 spiro atoms. The topological polar surface area (TPSA) is 72.8 Å². The highest BCUT2D eigenvalue weighted by molar-refractivity contribution is 7.59. The van der Waals surface area contributed by atoms with Crippen molar-refractivity contribution in [3.05, 3.63) is 35.9 Å². The quantitative estimate of drug-likeness (QED) is 0.307. The van der Waals surface area contributed by atoms with Crippen LogP contribution in [-0.4, -0.2) is 36.3 Å². The number of rotatable bonds is 13. The first-order valence-electron chi connectivity index (χ1n) is 9.00. The number of carbonyl (C=O) groups is 1. The molecule has 0 aliphatic rings. The molecule has 0 radical (unpaired) electrons. The first-order chi connectivity index (χ1) is 11.9. The van der Waals surface area contributed by atoms with Gasteiger partial charge in [0.1, 0.15) is 6.16 Å². The lowest BCUT2D eigenvalue weighted by atomic mass is 10.1. The third-order valence-corrected chi connectivity index (χ3v) is 6.10. The Hall–Kier alpha value is -1.16. The lowest BCUT2D eigenvalue weighted by Crippen LogP contribution is -2.25. The van der Waals surface area contributed by atoms with Gasteiger partial charge < -0.3 is 9.84 Å². The van der Waals surface area contributed by atoms with Gasteiger partial charge in [0.05, 0.1) is 0 Å². The van der Waals surface area contributed by atoms with Gasteiger partial charge in [-0.1, -0.05) is 51.1 Å². The van der Waals surface area contributed by atoms with E-state index < -0.39 is 25.8 Å². The number of aryl methyl sites for hydroxylation is 1. The largest absolute Gasteiger partial charge is 0.481 e. The summed E-state index contributed by atoms with van der Waals surface area (Å²) >= 11 is 0. The third kappa shape index (κ3) is 9.20. The SMILES string of the molecule is CCCO[C@@H](O[P@](=O)(CCCCc1ccccc1)CC(=O)O)C(C)C. The minimum Gasteiger partial charge on any atom is -0.481 e. The molecule has 1 aromatic carbocycles. The average molecular weight is 370 g/mol. The summed E-state index contributed by atoms with van der Waals surface area (Å²) in [5.41, 5.74) is 1.22. The molecule has 25 heavy (non-hydrogen) atoms. The Morgan fingerprint density at radius 3 is 2.44 bits per heavy atom. The second-order valence-electron chi connectivity index (χ2n) is 6.62. The van der Waals surface area contributed by atoms with Crippen LogP contribution in [0.5, 0.6) is 0 Å². The Morgan fingerprint density at radius 1 is 1.20 bits per heavy atom. The summed E-state index contributed by atoms with van der Waals surface area (Å²) in [7, 11) is -3.27. The number of aliphatic carboxylic acids is 1. The van der Waals surface area contributed by atoms with Gasteiger partial charge >= 0.3 is 5.97 Å². The zero-order chi connectivity index (χ0) is 18.7. The van der Waals surface area contributed by atoms with Gasteiger partial charge in [0.15, 0.2) is 6.29 Å². The van der Waals surface area contributed by atoms with E-state index in [1.165, 1.54) is 5.56 Å². The molecule has 142 valence electrons. The third-order valence-electron chi connectivity index (χ3n) is 3.76. The van der Waals surface area contributed by atoms with Gasteiger partial charge in [0.25, 0.3) is 0 Å². The predicted molar refractivity (Wildman–Crippen MR) is 100 cm³/mol. The average Bonchev–Trinajstić information content (AvgIpc) is 2.55. The van der Waals surface area contributed by atoms with Crippen LogP contribution in [0.25, 0.3) is 0 Å². The number of carboxylic acid groups (broad SMARTS) is 1. The Bertz CT molecular complexity index is 544. The lowest BCUT2D eigenvalue weighted by molar-refractivity contribution is -0.134. The van der Waals surface area contributed by atoms with E-state index in [0.29, 0.717) is 13.0 Å². The monoisotopic (exact) mass is 370 g/mol. The number of ether oxygens (including phenoxy) is 1. The van der Waals surface area contributed by atoms with Gasteiger partial charge in [-0.25, -0.2) is 0 Å². The molecule has 0 heterocycles. The van der Waals surface area contributed by atoms with Crippen molar-refractivity contribution >= 4 is 13.3 Å². The first-order valence-corrected chi connectivity index (χ1v) is 11.0. The molecule has 1 N–H and O–H groups in total. The van der Waals surface area contributed by atoms with Crippen LogP contribution < -0.4 is 0 Å². The molecule has 0 aliphatic heterocycles. The molecule has 2 atom stereocenters. The standard InChI is InChI=1S/C19H31O5P/c1-4-13-23-19(16(2)3)24-25(22,15-18(20)21)14-9-8-12-17-10-6-5-7-11-17/h5-7,10-11,16,19H,4,8-9,12-15H2,1-3H3,(H,20,21)/t19-,25+/m0/s1. The van der Waals surface area contributed by atoms with Crippen LogP contribution in [0.3, 0.4) is 0 Å². The summed E-state index contributed by atoms with van der Waals surface area (Å²) in [6.07, 6.45) is 2.42. The summed E-state index contributed by atoms with van der Waals surface area (Å²) in [5.74, 6) is -1.08. The molecule has 1 rings (SSSR count). The maximum Gasteiger partial charge on any atom is 0.313 e. The van der Waals surface area contributed by atoms with Crippen molar-refractivity contribution in [3.8, 4) is 0 Å². The Morgan fingerprint density at radius 2 is 1.88 bits per heavy atom. The molecule has 5 nitrogen and oxygen atoms in total. The fraction of sp³-hybridized carbons (Fsp3) is 0.632. The smallest absolute Gasteiger partial charge is 0.313 e. The number of hydrogen-bond acceptors (Lipinski definition) is 4. The summed E-state index contributed by atoms with van der Waals surface area (Å²) in [6, 6.07) is 10.1. The van der Waals surface area contributed by atoms with Gasteiger partial charge in [-0.05, 0) is 31.2 Å². The van der Waals surface area contributed by atoms with E-state index in [1.54, 1.807) is 0 Å². The van der Waals surface area contributed by atoms with Crippen molar-refractivity contribution in [2.45, 2.75) is 52.7 Å². The maximum atomic E-state index is 13.0. The molecule has 0 saturated carbocycles. The van der Waals surface area contributed by atoms with Crippen LogP contribution in [0, 0.1) is 5.92 Å². The highest BCUT2D eigenvalue weighted by Gasteiger charge is 2.31. The van der Waals surface area contributed by atoms with Gasteiger partial charge in [0, 0.05) is 18.7 Å². The van der Waals surface area contributed by atoms with Crippen molar-refractivity contribution in [1.29, 1.82) is 0 Å². The van der Waals surface area contributed by atoms with E-state index in [4.69, 9.17) is 14.4 Å². The minimum atomic E-state index is -3.27. The molecule has 6 heteroatoms. The molecule has 0 unspecified atom stereocenters. The zero-order valence-electron chi connectivity index (χ0n) is 15.5. The fourth-order valence-corrected chi connectivity index (χ4v) is 4.61. The van der Waals surface area contributed by atoms with E-state index >= 15 is 0 Å². The van der Waals surface area contributed by atoms with Crippen molar-refractivity contribution < 1.29 is 23.7 Å². The highest BCUT2D eigenvalue weighted by atomic mass is 31.2. The van der Waals surface area contributed by atoms with Crippen LogP contribution >= 0.6 is 7.37 Å². The first kappa shape index (κ1) is 21.9. The molecule has 0 aliphatic carbocycles. The summed E-state index contributed by atoms with van der Waals surface area (Å²) in [6.45, 7) is 6.32. The summed E-state index contributed by atoms with van der Waals surface area (Å²) < 4.78 is 24.4. The zero-order valence-corrected chi connectivity index (χ0v) is 16.4. The second-order valence-corrected chi connectivity index (χ2v) is 9.22. The van der Waals surface area contributed by atoms with E-state index in [1.807, 2.05) is 39.0 Å². The van der Waals surface area contributed by atoms with E-state index in [-0.39, 0.29) is 12.1 Å². The van der Waals surface area contributed by atoms with E-state index in [2.05, 4.69) is 12.1 Å². The van der Waals surface area contributed by atoms with E-state index in [0.717, 1.165) is 19.3 Å². The second kappa shape index (κ2) is 11.5. The van der Waals surface area contributed by atoms with Crippen molar-refractivity contribution in [2.24, 2.45) is 5.92 Å². The molecule has 1 aromatic rings. The number of benzene rings is 1. The van der Waals surface area contributed by atoms with Crippen molar-refractivity contribution in [1.82, 2.24) is 0 Å². The van der Waals surface area contributed by atoms with Gasteiger partial charge in [-0.3, -0.25) is 13.9 Å². The van der Waals surface area contributed by atoms with Crippen molar-refractivity contribution in [3.63, 3.8) is 0 Å². The van der Waals surface area contributed by atoms with Gasteiger partial charge in [-0.2, -0.15) is 0 Å². The molecular formula is C19H31O5P. The van der Waals surface area contributed by atoms with Crippen LogP contribution in [0.1, 0.15) is 45.6 Å². The van der Waals surface area contributed by atoms with Crippen LogP contribution in [-0.2, 0) is 25.0 Å². The molecule has 0 fully saturated rings. The van der Waals surface area contributed by atoms with Crippen molar-refractivity contribution in [2.75, 3.05) is 18.9 Å². The number of hydrogen-bond donors (Lipinski definition) is 1. The molecular weight excluding hydrogens is 339 g/mol. The van der Waals surface area contributed by atoms with Crippen LogP contribution in [0.2, 0.25) is 0 Å². The predicted octanol–water partition coefficient (Wildman–Crippen LogP) is 4.80. The van der Waals surface area contributed by atoms with Crippen LogP contribution in [0.15, 0.2) is 30.3 Å². The van der Waals surface area contributed by atoms with Gasteiger partial charge in [0.2, 0.25) is 7.37 Å². The van der Waals surface area contributed by atoms with Crippen LogP contribution in [0.4, 0.5) is 0 Å². The molecule has 0 saturated heterocycles. The number of carboxylic acids is 1. The maximum absolute atomic E-state index is 13.0. The molecule has 0 aromatic heterocycles. The normalized spacial score (nSPS) is 15.0. The molecule has 0 bridgehead atoms. The lowest BCUT2D eigenvalue weighted by Gasteiger charge is -2.27. The fourth-order valence-electron chi connectivity index (χ4n) is 2.47. The number of unbranched alkanes of at least 4 members (excludes halogenated alkanes) is 1. The highest BCUT2D eigenvalue weighted by Crippen LogP contribution is 2.49. The Balaban J connectivity index is 2.60. The van der Waals surface area contributed by atoms with E-state index in [9.17, 15) is 9.36 Å². The molecule has 0 amide bonds.